The summed E-state index contributed by atoms with van der Waals surface area (Å²) < 4.78 is 0. The summed E-state index contributed by atoms with van der Waals surface area (Å²) >= 11 is 0. The van der Waals surface area contributed by atoms with Crippen molar-refractivity contribution in [2.75, 3.05) is 10.7 Å². The van der Waals surface area contributed by atoms with Crippen LogP contribution in [0.2, 0.25) is 0 Å². The lowest BCUT2D eigenvalue weighted by atomic mass is 10.1. The second kappa shape index (κ2) is 5.22. The molecule has 1 aromatic rings. The molecule has 0 saturated heterocycles. The molecule has 1 saturated carbocycles. The van der Waals surface area contributed by atoms with E-state index in [1.54, 1.807) is 12.1 Å². The molecule has 2 rings (SSSR count). The number of rotatable bonds is 4. The minimum Gasteiger partial charge on any atom is -0.382 e. The number of nitrogens with one attached hydrogen (secondary N) is 2. The number of hydrogen-bond donors (Lipinski definition) is 3. The second-order valence-corrected chi connectivity index (χ2v) is 4.93. The summed E-state index contributed by atoms with van der Waals surface area (Å²) in [7, 11) is 0. The van der Waals surface area contributed by atoms with Gasteiger partial charge in [0.2, 0.25) is 0 Å². The Kier molecular flexibility index (Phi) is 3.66. The highest BCUT2D eigenvalue weighted by molar-refractivity contribution is 5.63. The van der Waals surface area contributed by atoms with E-state index in [0.29, 0.717) is 17.6 Å². The zero-order valence-electron chi connectivity index (χ0n) is 10.3. The van der Waals surface area contributed by atoms with E-state index in [4.69, 9.17) is 5.84 Å². The quantitative estimate of drug-likeness (QED) is 0.433. The van der Waals surface area contributed by atoms with Crippen molar-refractivity contribution in [1.29, 1.82) is 0 Å². The fraction of sp³-hybridized carbons (Fsp3) is 0.500. The first-order chi connectivity index (χ1) is 8.58. The lowest BCUT2D eigenvalue weighted by molar-refractivity contribution is -0.384. The number of non-ortho nitro benzene ring substituents is 1. The van der Waals surface area contributed by atoms with Crippen LogP contribution in [-0.2, 0) is 0 Å². The fourth-order valence-electron chi connectivity index (χ4n) is 2.46. The maximum absolute atomic E-state index is 10.8. The van der Waals surface area contributed by atoms with Crippen molar-refractivity contribution >= 4 is 17.1 Å². The number of nitrogens with two attached hydrogens (primary N) is 1. The molecule has 1 aliphatic carbocycles. The zero-order chi connectivity index (χ0) is 13.1. The van der Waals surface area contributed by atoms with Crippen LogP contribution in [-0.4, -0.2) is 11.0 Å². The molecule has 2 unspecified atom stereocenters. The third kappa shape index (κ3) is 2.89. The molecule has 1 aromatic carbocycles. The fourth-order valence-corrected chi connectivity index (χ4v) is 2.46. The molecular formula is C12H18N4O2. The summed E-state index contributed by atoms with van der Waals surface area (Å²) in [5.74, 6) is 6.03. The van der Waals surface area contributed by atoms with Gasteiger partial charge in [-0.2, -0.15) is 0 Å². The van der Waals surface area contributed by atoms with Crippen molar-refractivity contribution in [1.82, 2.24) is 0 Å². The van der Waals surface area contributed by atoms with Crippen LogP contribution >= 0.6 is 0 Å². The van der Waals surface area contributed by atoms with Gasteiger partial charge in [0.05, 0.1) is 10.6 Å². The Labute approximate surface area is 106 Å². The predicted molar refractivity (Wildman–Crippen MR) is 71.3 cm³/mol. The Hall–Kier alpha value is -1.82. The number of nitrogen functional groups attached to an aromatic ring is 1. The van der Waals surface area contributed by atoms with E-state index >= 15 is 0 Å². The molecule has 0 spiro atoms. The van der Waals surface area contributed by atoms with Gasteiger partial charge in [-0.25, -0.2) is 0 Å². The Morgan fingerprint density at radius 1 is 1.33 bits per heavy atom. The third-order valence-electron chi connectivity index (χ3n) is 3.36. The number of hydrazine groups is 1. The minimum absolute atomic E-state index is 0.0407. The Morgan fingerprint density at radius 3 is 2.61 bits per heavy atom. The molecule has 0 aliphatic heterocycles. The highest BCUT2D eigenvalue weighted by Crippen LogP contribution is 2.30. The molecule has 0 amide bonds. The number of anilines is 2. The number of nitro benzene ring substituents is 1. The molecule has 1 aliphatic rings. The Balaban J connectivity index is 2.16. The van der Waals surface area contributed by atoms with Crippen LogP contribution in [0.5, 0.6) is 0 Å². The monoisotopic (exact) mass is 250 g/mol. The SMILES string of the molecule is CC1CCC(Nc2cc(NN)cc([N+](=O)[O-])c2)C1. The van der Waals surface area contributed by atoms with E-state index in [1.807, 2.05) is 0 Å². The minimum atomic E-state index is -0.413. The predicted octanol–water partition coefficient (Wildman–Crippen LogP) is 2.48. The standard InChI is InChI=1S/C12H18N4O2/c1-8-2-3-9(4-8)14-10-5-11(15-13)7-12(6-10)16(17)18/h5-9,14-15H,2-4,13H2,1H3. The van der Waals surface area contributed by atoms with E-state index in [-0.39, 0.29) is 5.69 Å². The van der Waals surface area contributed by atoms with Crippen molar-refractivity contribution < 1.29 is 4.92 Å². The average molecular weight is 250 g/mol. The van der Waals surface area contributed by atoms with Crippen LogP contribution in [0.1, 0.15) is 26.2 Å². The summed E-state index contributed by atoms with van der Waals surface area (Å²) in [6.45, 7) is 2.22. The molecule has 98 valence electrons. The molecule has 1 fully saturated rings. The molecule has 0 bridgehead atoms. The van der Waals surface area contributed by atoms with Gasteiger partial charge in [0.1, 0.15) is 0 Å². The van der Waals surface area contributed by atoms with Crippen LogP contribution in [0.4, 0.5) is 17.1 Å². The lowest BCUT2D eigenvalue weighted by Crippen LogP contribution is -2.16. The molecule has 18 heavy (non-hydrogen) atoms. The van der Waals surface area contributed by atoms with Crippen molar-refractivity contribution in [3.8, 4) is 0 Å². The van der Waals surface area contributed by atoms with Crippen molar-refractivity contribution in [2.45, 2.75) is 32.2 Å². The summed E-state index contributed by atoms with van der Waals surface area (Å²) in [5.41, 5.74) is 3.78. The highest BCUT2D eigenvalue weighted by atomic mass is 16.6. The first kappa shape index (κ1) is 12.6. The van der Waals surface area contributed by atoms with Gasteiger partial charge in [-0.1, -0.05) is 6.92 Å². The maximum Gasteiger partial charge on any atom is 0.273 e. The molecule has 4 N–H and O–H groups in total. The Bertz CT molecular complexity index is 450. The van der Waals surface area contributed by atoms with Crippen LogP contribution in [0.15, 0.2) is 18.2 Å². The highest BCUT2D eigenvalue weighted by Gasteiger charge is 2.21. The van der Waals surface area contributed by atoms with E-state index in [0.717, 1.165) is 18.5 Å². The molecule has 6 nitrogen and oxygen atoms in total. The van der Waals surface area contributed by atoms with E-state index in [1.165, 1.54) is 12.5 Å². The number of benzene rings is 1. The summed E-state index contributed by atoms with van der Waals surface area (Å²) in [4.78, 5) is 10.4. The van der Waals surface area contributed by atoms with Crippen LogP contribution in [0, 0.1) is 16.0 Å². The molecule has 2 atom stereocenters. The lowest BCUT2D eigenvalue weighted by Gasteiger charge is -2.14. The maximum atomic E-state index is 10.8. The summed E-state index contributed by atoms with van der Waals surface area (Å²) in [5, 5.41) is 14.2. The Morgan fingerprint density at radius 2 is 2.06 bits per heavy atom. The normalized spacial score (nSPS) is 22.8. The average Bonchev–Trinajstić information content (AvgIpc) is 2.74. The van der Waals surface area contributed by atoms with Crippen LogP contribution < -0.4 is 16.6 Å². The number of hydrogen-bond acceptors (Lipinski definition) is 5. The van der Waals surface area contributed by atoms with Gasteiger partial charge < -0.3 is 10.7 Å². The molecule has 0 heterocycles. The van der Waals surface area contributed by atoms with Gasteiger partial charge in [0, 0.05) is 23.9 Å². The van der Waals surface area contributed by atoms with E-state index < -0.39 is 4.92 Å². The largest absolute Gasteiger partial charge is 0.382 e. The molecule has 6 heteroatoms. The van der Waals surface area contributed by atoms with Gasteiger partial charge in [-0.15, -0.1) is 0 Å². The zero-order valence-corrected chi connectivity index (χ0v) is 10.3. The molecule has 0 aromatic heterocycles. The van der Waals surface area contributed by atoms with Crippen LogP contribution in [0.25, 0.3) is 0 Å². The van der Waals surface area contributed by atoms with Crippen LogP contribution in [0.3, 0.4) is 0 Å². The van der Waals surface area contributed by atoms with E-state index in [9.17, 15) is 10.1 Å². The first-order valence-corrected chi connectivity index (χ1v) is 6.11. The van der Waals surface area contributed by atoms with Gasteiger partial charge in [-0.05, 0) is 31.2 Å². The summed E-state index contributed by atoms with van der Waals surface area (Å²) in [6, 6.07) is 5.15. The topological polar surface area (TPSA) is 93.2 Å². The van der Waals surface area contributed by atoms with E-state index in [2.05, 4.69) is 17.7 Å². The number of nitrogens with zero attached hydrogens (tertiary/aromatic N) is 1. The summed E-state index contributed by atoms with van der Waals surface area (Å²) in [6.07, 6.45) is 3.41. The smallest absolute Gasteiger partial charge is 0.273 e. The van der Waals surface area contributed by atoms with Gasteiger partial charge in [-0.3, -0.25) is 16.0 Å². The van der Waals surface area contributed by atoms with Crippen molar-refractivity contribution in [3.05, 3.63) is 28.3 Å². The third-order valence-corrected chi connectivity index (χ3v) is 3.36. The van der Waals surface area contributed by atoms with Gasteiger partial charge in [0.15, 0.2) is 0 Å². The molecule has 0 radical (unpaired) electrons. The number of nitro groups is 1. The first-order valence-electron chi connectivity index (χ1n) is 6.11. The van der Waals surface area contributed by atoms with Crippen molar-refractivity contribution in [3.63, 3.8) is 0 Å². The van der Waals surface area contributed by atoms with Gasteiger partial charge in [0.25, 0.3) is 5.69 Å². The molecular weight excluding hydrogens is 232 g/mol. The van der Waals surface area contributed by atoms with Gasteiger partial charge >= 0.3 is 0 Å². The van der Waals surface area contributed by atoms with Crippen molar-refractivity contribution in [2.24, 2.45) is 11.8 Å². The second-order valence-electron chi connectivity index (χ2n) is 4.93.